The van der Waals surface area contributed by atoms with Crippen molar-refractivity contribution in [2.24, 2.45) is 0 Å². The number of nitrogens with one attached hydrogen (secondary N) is 1. The van der Waals surface area contributed by atoms with Crippen LogP contribution in [0.3, 0.4) is 0 Å². The van der Waals surface area contributed by atoms with Gasteiger partial charge in [0.25, 0.3) is 0 Å². The number of carbonyl (C=O) groups is 2. The van der Waals surface area contributed by atoms with Crippen molar-refractivity contribution in [1.82, 2.24) is 5.32 Å². The van der Waals surface area contributed by atoms with Gasteiger partial charge in [0, 0.05) is 19.8 Å². The molecule has 0 aromatic rings. The van der Waals surface area contributed by atoms with Crippen LogP contribution in [0.25, 0.3) is 0 Å². The largest absolute Gasteiger partial charge is 0.480 e. The third-order valence-electron chi connectivity index (χ3n) is 2.36. The molecule has 7 heteroatoms. The standard InChI is InChI=1S/C11H22NO5P/c1-4-5-7-17-18(3,16)8-6-10(11(14)15)12-9(2)13/h10H,4-8H2,1-3H3,(H,12,13)(H,14,15). The molecule has 0 heterocycles. The van der Waals surface area contributed by atoms with Gasteiger partial charge in [0.1, 0.15) is 6.04 Å². The summed E-state index contributed by atoms with van der Waals surface area (Å²) >= 11 is 0. The van der Waals surface area contributed by atoms with Crippen LogP contribution in [-0.2, 0) is 18.7 Å². The maximum Gasteiger partial charge on any atom is 0.326 e. The lowest BCUT2D eigenvalue weighted by Gasteiger charge is -2.17. The molecule has 6 nitrogen and oxygen atoms in total. The second-order valence-electron chi connectivity index (χ2n) is 4.30. The first kappa shape index (κ1) is 17.1. The third-order valence-corrected chi connectivity index (χ3v) is 4.16. The highest BCUT2D eigenvalue weighted by molar-refractivity contribution is 7.58. The van der Waals surface area contributed by atoms with E-state index in [1.54, 1.807) is 0 Å². The molecule has 106 valence electrons. The minimum Gasteiger partial charge on any atom is -0.480 e. The summed E-state index contributed by atoms with van der Waals surface area (Å²) < 4.78 is 17.2. The Hall–Kier alpha value is -0.870. The zero-order valence-electron chi connectivity index (χ0n) is 11.1. The highest BCUT2D eigenvalue weighted by Gasteiger charge is 2.23. The molecule has 2 N–H and O–H groups in total. The first-order valence-electron chi connectivity index (χ1n) is 5.99. The van der Waals surface area contributed by atoms with Gasteiger partial charge in [-0.15, -0.1) is 0 Å². The van der Waals surface area contributed by atoms with Crippen LogP contribution in [-0.4, -0.2) is 42.5 Å². The molecule has 0 saturated heterocycles. The number of amides is 1. The number of carboxylic acid groups (broad SMARTS) is 1. The molecule has 0 aliphatic carbocycles. The van der Waals surface area contributed by atoms with Gasteiger partial charge in [0.05, 0.1) is 6.61 Å². The van der Waals surface area contributed by atoms with E-state index in [1.165, 1.54) is 13.6 Å². The van der Waals surface area contributed by atoms with Crippen molar-refractivity contribution in [3.05, 3.63) is 0 Å². The number of hydrogen-bond donors (Lipinski definition) is 2. The molecule has 0 aliphatic rings. The normalized spacial score (nSPS) is 15.7. The Kier molecular flexibility index (Phi) is 7.87. The average molecular weight is 279 g/mol. The lowest BCUT2D eigenvalue weighted by molar-refractivity contribution is -0.141. The van der Waals surface area contributed by atoms with E-state index in [1.807, 2.05) is 6.92 Å². The van der Waals surface area contributed by atoms with E-state index < -0.39 is 25.3 Å². The predicted molar refractivity (Wildman–Crippen MR) is 69.1 cm³/mol. The fraction of sp³-hybridized carbons (Fsp3) is 0.818. The van der Waals surface area contributed by atoms with E-state index >= 15 is 0 Å². The molecule has 0 fully saturated rings. The summed E-state index contributed by atoms with van der Waals surface area (Å²) in [7, 11) is -2.77. The number of rotatable bonds is 9. The van der Waals surface area contributed by atoms with Crippen molar-refractivity contribution in [2.45, 2.75) is 39.2 Å². The van der Waals surface area contributed by atoms with Crippen molar-refractivity contribution in [3.63, 3.8) is 0 Å². The van der Waals surface area contributed by atoms with E-state index in [-0.39, 0.29) is 12.6 Å². The fourth-order valence-electron chi connectivity index (χ4n) is 1.33. The van der Waals surface area contributed by atoms with E-state index in [4.69, 9.17) is 9.63 Å². The topological polar surface area (TPSA) is 92.7 Å². The van der Waals surface area contributed by atoms with Crippen LogP contribution in [0.15, 0.2) is 0 Å². The molecule has 0 saturated carbocycles. The zero-order chi connectivity index (χ0) is 14.2. The molecule has 0 radical (unpaired) electrons. The van der Waals surface area contributed by atoms with Crippen molar-refractivity contribution in [2.75, 3.05) is 19.4 Å². The van der Waals surface area contributed by atoms with Crippen LogP contribution in [0.4, 0.5) is 0 Å². The second kappa shape index (κ2) is 8.27. The third kappa shape index (κ3) is 8.25. The van der Waals surface area contributed by atoms with Gasteiger partial charge in [-0.05, 0) is 12.8 Å². The highest BCUT2D eigenvalue weighted by atomic mass is 31.2. The molecule has 18 heavy (non-hydrogen) atoms. The Morgan fingerprint density at radius 1 is 1.44 bits per heavy atom. The van der Waals surface area contributed by atoms with Crippen molar-refractivity contribution < 1.29 is 23.8 Å². The predicted octanol–water partition coefficient (Wildman–Crippen LogP) is 1.69. The van der Waals surface area contributed by atoms with Crippen LogP contribution in [0.1, 0.15) is 33.1 Å². The quantitative estimate of drug-likeness (QED) is 0.495. The zero-order valence-corrected chi connectivity index (χ0v) is 12.0. The van der Waals surface area contributed by atoms with Gasteiger partial charge in [-0.2, -0.15) is 0 Å². The Balaban J connectivity index is 4.20. The summed E-state index contributed by atoms with van der Waals surface area (Å²) in [5.41, 5.74) is 0. The van der Waals surface area contributed by atoms with E-state index in [0.29, 0.717) is 6.61 Å². The molecule has 1 amide bonds. The van der Waals surface area contributed by atoms with Crippen molar-refractivity contribution in [3.8, 4) is 0 Å². The summed E-state index contributed by atoms with van der Waals surface area (Å²) in [5.74, 6) is -1.54. The number of aliphatic carboxylic acids is 1. The highest BCUT2D eigenvalue weighted by Crippen LogP contribution is 2.43. The van der Waals surface area contributed by atoms with Gasteiger partial charge in [0.2, 0.25) is 5.91 Å². The van der Waals surface area contributed by atoms with Crippen molar-refractivity contribution >= 4 is 19.2 Å². The monoisotopic (exact) mass is 279 g/mol. The van der Waals surface area contributed by atoms with Gasteiger partial charge >= 0.3 is 5.97 Å². The minimum absolute atomic E-state index is 0.106. The maximum atomic E-state index is 12.0. The molecular formula is C11H22NO5P. The molecule has 0 bridgehead atoms. The molecule has 0 aromatic heterocycles. The molecule has 0 aliphatic heterocycles. The van der Waals surface area contributed by atoms with Crippen LogP contribution >= 0.6 is 7.37 Å². The molecule has 0 spiro atoms. The van der Waals surface area contributed by atoms with E-state index in [0.717, 1.165) is 12.8 Å². The summed E-state index contributed by atoms with van der Waals surface area (Å²) in [6.07, 6.45) is 2.03. The lowest BCUT2D eigenvalue weighted by atomic mass is 10.2. The van der Waals surface area contributed by atoms with Gasteiger partial charge in [-0.3, -0.25) is 9.36 Å². The summed E-state index contributed by atoms with van der Waals surface area (Å²) in [5, 5.41) is 11.2. The lowest BCUT2D eigenvalue weighted by Crippen LogP contribution is -2.40. The summed E-state index contributed by atoms with van der Waals surface area (Å²) in [4.78, 5) is 21.7. The Morgan fingerprint density at radius 2 is 2.06 bits per heavy atom. The first-order valence-corrected chi connectivity index (χ1v) is 8.25. The molecule has 0 rings (SSSR count). The summed E-state index contributed by atoms with van der Waals surface area (Å²) in [6.45, 7) is 5.16. The Bertz CT molecular complexity index is 331. The van der Waals surface area contributed by atoms with Crippen LogP contribution in [0.5, 0.6) is 0 Å². The minimum atomic E-state index is -2.77. The number of unbranched alkanes of at least 4 members (excludes halogenated alkanes) is 1. The van der Waals surface area contributed by atoms with Crippen LogP contribution < -0.4 is 5.32 Å². The number of carboxylic acids is 1. The molecule has 2 unspecified atom stereocenters. The van der Waals surface area contributed by atoms with E-state index in [2.05, 4.69) is 5.32 Å². The van der Waals surface area contributed by atoms with Gasteiger partial charge in [-0.25, -0.2) is 4.79 Å². The Morgan fingerprint density at radius 3 is 2.50 bits per heavy atom. The summed E-state index contributed by atoms with van der Waals surface area (Å²) in [6, 6.07) is -1.01. The smallest absolute Gasteiger partial charge is 0.326 e. The van der Waals surface area contributed by atoms with Crippen LogP contribution in [0.2, 0.25) is 0 Å². The first-order chi connectivity index (χ1) is 8.28. The molecule has 2 atom stereocenters. The fourth-order valence-corrected chi connectivity index (χ4v) is 2.70. The van der Waals surface area contributed by atoms with E-state index in [9.17, 15) is 14.2 Å². The average Bonchev–Trinajstić information content (AvgIpc) is 2.23. The van der Waals surface area contributed by atoms with Crippen molar-refractivity contribution in [1.29, 1.82) is 0 Å². The maximum absolute atomic E-state index is 12.0. The van der Waals surface area contributed by atoms with Gasteiger partial charge < -0.3 is 14.9 Å². The molecule has 0 aromatic carbocycles. The van der Waals surface area contributed by atoms with Gasteiger partial charge in [-0.1, -0.05) is 13.3 Å². The van der Waals surface area contributed by atoms with Crippen LogP contribution in [0, 0.1) is 0 Å². The molecular weight excluding hydrogens is 257 g/mol. The number of carbonyl (C=O) groups excluding carboxylic acids is 1. The number of hydrogen-bond acceptors (Lipinski definition) is 4. The second-order valence-corrected chi connectivity index (χ2v) is 7.04. The SMILES string of the molecule is CCCCOP(C)(=O)CCC(NC(C)=O)C(=O)O. The van der Waals surface area contributed by atoms with Gasteiger partial charge in [0.15, 0.2) is 7.37 Å². The Labute approximate surface area is 108 Å².